The first-order valence-corrected chi connectivity index (χ1v) is 7.21. The first-order valence-electron chi connectivity index (χ1n) is 7.21. The monoisotopic (exact) mass is 343 g/mol. The number of carbonyl (C=O) groups excluding carboxylic acids is 2. The van der Waals surface area contributed by atoms with Gasteiger partial charge in [0.1, 0.15) is 17.8 Å². The first-order chi connectivity index (χ1) is 12.1. The van der Waals surface area contributed by atoms with Crippen LogP contribution in [0.3, 0.4) is 0 Å². The number of tetrazole rings is 1. The minimum Gasteiger partial charge on any atom is -0.466 e. The molecule has 0 bridgehead atoms. The maximum absolute atomic E-state index is 12.6. The fraction of sp³-hybridized carbons (Fsp3) is 0.214. The molecule has 3 heterocycles. The Morgan fingerprint density at radius 3 is 3.00 bits per heavy atom. The third kappa shape index (κ3) is 3.34. The number of hydrogen-bond donors (Lipinski definition) is 2. The van der Waals surface area contributed by atoms with Crippen molar-refractivity contribution in [3.05, 3.63) is 39.8 Å². The molecule has 0 spiro atoms. The molecule has 0 fully saturated rings. The molecule has 3 rings (SSSR count). The van der Waals surface area contributed by atoms with E-state index in [-0.39, 0.29) is 30.0 Å². The lowest BCUT2D eigenvalue weighted by Crippen LogP contribution is -2.25. The summed E-state index contributed by atoms with van der Waals surface area (Å²) in [5.41, 5.74) is 0.515. The fourth-order valence-corrected chi connectivity index (χ4v) is 2.27. The average Bonchev–Trinajstić information content (AvgIpc) is 3.09. The van der Waals surface area contributed by atoms with Crippen LogP contribution in [-0.2, 0) is 16.1 Å². The molecule has 11 nitrogen and oxygen atoms in total. The van der Waals surface area contributed by atoms with E-state index in [0.717, 1.165) is 0 Å². The smallest absolute Gasteiger partial charge is 0.293 e. The van der Waals surface area contributed by atoms with E-state index in [0.29, 0.717) is 17.8 Å². The molecule has 0 aliphatic rings. The van der Waals surface area contributed by atoms with Gasteiger partial charge in [-0.3, -0.25) is 19.7 Å². The second-order valence-electron chi connectivity index (χ2n) is 5.05. The average molecular weight is 343 g/mol. The van der Waals surface area contributed by atoms with Gasteiger partial charge in [-0.1, -0.05) is 5.10 Å². The van der Waals surface area contributed by atoms with Gasteiger partial charge in [-0.2, -0.15) is 5.21 Å². The van der Waals surface area contributed by atoms with E-state index in [1.54, 1.807) is 23.6 Å². The lowest BCUT2D eigenvalue weighted by atomic mass is 10.1. The zero-order valence-electron chi connectivity index (χ0n) is 13.1. The molecule has 1 amide bonds. The van der Waals surface area contributed by atoms with Gasteiger partial charge in [-0.15, -0.1) is 5.10 Å². The van der Waals surface area contributed by atoms with Crippen LogP contribution in [0.25, 0.3) is 11.0 Å². The molecule has 0 aromatic carbocycles. The molecule has 128 valence electrons. The topological polar surface area (TPSA) is 145 Å². The highest BCUT2D eigenvalue weighted by Crippen LogP contribution is 2.12. The van der Waals surface area contributed by atoms with Crippen molar-refractivity contribution >= 4 is 29.4 Å². The molecule has 25 heavy (non-hydrogen) atoms. The summed E-state index contributed by atoms with van der Waals surface area (Å²) in [7, 11) is 0. The highest BCUT2D eigenvalue weighted by atomic mass is 16.5. The van der Waals surface area contributed by atoms with E-state index in [1.165, 1.54) is 6.20 Å². The van der Waals surface area contributed by atoms with Crippen molar-refractivity contribution in [3.8, 4) is 0 Å². The third-order valence-corrected chi connectivity index (χ3v) is 3.39. The van der Waals surface area contributed by atoms with Gasteiger partial charge < -0.3 is 9.30 Å². The number of aryl methyl sites for hydroxylation is 1. The van der Waals surface area contributed by atoms with E-state index in [4.69, 9.17) is 4.74 Å². The third-order valence-electron chi connectivity index (χ3n) is 3.39. The number of rotatable bonds is 6. The van der Waals surface area contributed by atoms with Crippen molar-refractivity contribution < 1.29 is 14.3 Å². The van der Waals surface area contributed by atoms with Crippen molar-refractivity contribution in [1.29, 1.82) is 0 Å². The van der Waals surface area contributed by atoms with Crippen LogP contribution in [0.4, 0.5) is 5.95 Å². The SMILES string of the molecule is Cc1ccc2c(=O)c(C(=O)Nc3nn[nH]n3)cn(CCOC=O)c2n1. The number of carbonyl (C=O) groups is 2. The largest absolute Gasteiger partial charge is 0.466 e. The summed E-state index contributed by atoms with van der Waals surface area (Å²) in [6.07, 6.45) is 1.36. The molecule has 0 saturated heterocycles. The van der Waals surface area contributed by atoms with Crippen LogP contribution in [0.2, 0.25) is 0 Å². The highest BCUT2D eigenvalue weighted by molar-refractivity contribution is 6.04. The fourth-order valence-electron chi connectivity index (χ4n) is 2.27. The molecule has 3 aromatic rings. The van der Waals surface area contributed by atoms with Crippen molar-refractivity contribution in [3.63, 3.8) is 0 Å². The Morgan fingerprint density at radius 2 is 2.28 bits per heavy atom. The molecular weight excluding hydrogens is 330 g/mol. The Morgan fingerprint density at radius 1 is 1.44 bits per heavy atom. The van der Waals surface area contributed by atoms with Crippen molar-refractivity contribution in [2.75, 3.05) is 11.9 Å². The first kappa shape index (κ1) is 16.2. The number of H-pyrrole nitrogens is 1. The standard InChI is InChI=1S/C14H13N7O4/c1-8-2-3-9-11(23)10(13(24)16-14-17-19-20-18-14)6-21(12(9)15-8)4-5-25-7-22/h2-3,6-7H,4-5H2,1H3,(H2,16,17,18,19,20,24). The molecule has 3 aromatic heterocycles. The van der Waals surface area contributed by atoms with E-state index in [2.05, 4.69) is 30.9 Å². The van der Waals surface area contributed by atoms with Crippen LogP contribution in [0.1, 0.15) is 16.1 Å². The summed E-state index contributed by atoms with van der Waals surface area (Å²) in [5, 5.41) is 15.4. The van der Waals surface area contributed by atoms with Crippen molar-refractivity contribution in [2.45, 2.75) is 13.5 Å². The van der Waals surface area contributed by atoms with Gasteiger partial charge in [0.25, 0.3) is 18.3 Å². The molecular formula is C14H13N7O4. The van der Waals surface area contributed by atoms with Crippen LogP contribution < -0.4 is 10.7 Å². The minimum absolute atomic E-state index is 0.0534. The quantitative estimate of drug-likeness (QED) is 0.456. The molecule has 2 N–H and O–H groups in total. The Bertz CT molecular complexity index is 981. The maximum Gasteiger partial charge on any atom is 0.293 e. The van der Waals surface area contributed by atoms with E-state index >= 15 is 0 Å². The van der Waals surface area contributed by atoms with Crippen LogP contribution in [0.15, 0.2) is 23.1 Å². The predicted octanol–water partition coefficient (Wildman–Crippen LogP) is -0.357. The molecule has 0 aliphatic heterocycles. The van der Waals surface area contributed by atoms with Gasteiger partial charge in [-0.25, -0.2) is 4.98 Å². The van der Waals surface area contributed by atoms with Gasteiger partial charge in [0.2, 0.25) is 5.43 Å². The Hall–Kier alpha value is -3.63. The number of pyridine rings is 2. The number of hydrogen-bond acceptors (Lipinski definition) is 8. The number of aromatic amines is 1. The summed E-state index contributed by atoms with van der Waals surface area (Å²) in [4.78, 5) is 39.7. The number of aromatic nitrogens is 6. The number of nitrogens with zero attached hydrogens (tertiary/aromatic N) is 5. The van der Waals surface area contributed by atoms with Gasteiger partial charge in [-0.05, 0) is 24.3 Å². The molecule has 0 unspecified atom stereocenters. The summed E-state index contributed by atoms with van der Waals surface area (Å²) in [5.74, 6) is -0.735. The Balaban J connectivity index is 2.07. The number of fused-ring (bicyclic) bond motifs is 1. The predicted molar refractivity (Wildman–Crippen MR) is 84.9 cm³/mol. The molecule has 0 atom stereocenters. The normalized spacial score (nSPS) is 10.6. The number of ether oxygens (including phenoxy) is 1. The van der Waals surface area contributed by atoms with E-state index < -0.39 is 11.3 Å². The zero-order valence-corrected chi connectivity index (χ0v) is 13.1. The minimum atomic E-state index is -0.682. The van der Waals surface area contributed by atoms with Crippen molar-refractivity contribution in [1.82, 2.24) is 30.2 Å². The van der Waals surface area contributed by atoms with Gasteiger partial charge in [0.15, 0.2) is 0 Å². The number of amides is 1. The lowest BCUT2D eigenvalue weighted by Gasteiger charge is -2.12. The van der Waals surface area contributed by atoms with Crippen LogP contribution in [0.5, 0.6) is 0 Å². The highest BCUT2D eigenvalue weighted by Gasteiger charge is 2.17. The Kier molecular flexibility index (Phi) is 4.46. The van der Waals surface area contributed by atoms with Crippen LogP contribution in [0, 0.1) is 6.92 Å². The van der Waals surface area contributed by atoms with Crippen LogP contribution >= 0.6 is 0 Å². The van der Waals surface area contributed by atoms with Gasteiger partial charge in [0, 0.05) is 11.9 Å². The molecule has 0 aliphatic carbocycles. The molecule has 0 saturated carbocycles. The second kappa shape index (κ2) is 6.86. The Labute approximate surface area is 140 Å². The van der Waals surface area contributed by atoms with E-state index in [9.17, 15) is 14.4 Å². The van der Waals surface area contributed by atoms with Crippen LogP contribution in [-0.4, -0.2) is 49.2 Å². The number of nitrogens with one attached hydrogen (secondary N) is 2. The summed E-state index contributed by atoms with van der Waals surface area (Å²) in [6.45, 7) is 2.41. The van der Waals surface area contributed by atoms with Crippen molar-refractivity contribution in [2.24, 2.45) is 0 Å². The summed E-state index contributed by atoms with van der Waals surface area (Å²) in [6, 6.07) is 3.28. The van der Waals surface area contributed by atoms with Gasteiger partial charge in [0.05, 0.1) is 11.9 Å². The molecule has 0 radical (unpaired) electrons. The van der Waals surface area contributed by atoms with E-state index in [1.807, 2.05) is 0 Å². The second-order valence-corrected chi connectivity index (χ2v) is 5.05. The zero-order chi connectivity index (χ0) is 17.8. The van der Waals surface area contributed by atoms with Gasteiger partial charge >= 0.3 is 0 Å². The summed E-state index contributed by atoms with van der Waals surface area (Å²) < 4.78 is 6.27. The maximum atomic E-state index is 12.6. The molecule has 11 heteroatoms. The number of anilines is 1. The lowest BCUT2D eigenvalue weighted by molar-refractivity contribution is -0.128. The summed E-state index contributed by atoms with van der Waals surface area (Å²) >= 11 is 0.